The SMILES string of the molecule is Fc1cc(I)cc2cnn(Cc3ccccc3)c12. The average Bonchev–Trinajstić information content (AvgIpc) is 2.73. The second-order valence-corrected chi connectivity index (χ2v) is 5.36. The first-order chi connectivity index (χ1) is 8.74. The van der Waals surface area contributed by atoms with Gasteiger partial charge in [-0.2, -0.15) is 5.10 Å². The molecular weight excluding hydrogens is 342 g/mol. The van der Waals surface area contributed by atoms with E-state index < -0.39 is 0 Å². The van der Waals surface area contributed by atoms with E-state index in [1.807, 2.05) is 36.4 Å². The van der Waals surface area contributed by atoms with Gasteiger partial charge in [-0.1, -0.05) is 30.3 Å². The molecule has 0 unspecified atom stereocenters. The zero-order valence-corrected chi connectivity index (χ0v) is 11.6. The van der Waals surface area contributed by atoms with E-state index in [9.17, 15) is 4.39 Å². The maximum atomic E-state index is 14.0. The Morgan fingerprint density at radius 2 is 1.94 bits per heavy atom. The molecule has 0 saturated carbocycles. The van der Waals surface area contributed by atoms with Gasteiger partial charge in [-0.3, -0.25) is 4.68 Å². The molecule has 0 amide bonds. The van der Waals surface area contributed by atoms with Crippen LogP contribution in [0.1, 0.15) is 5.56 Å². The lowest BCUT2D eigenvalue weighted by molar-refractivity contribution is 0.615. The molecule has 0 radical (unpaired) electrons. The van der Waals surface area contributed by atoms with Crippen LogP contribution in [0, 0.1) is 9.39 Å². The highest BCUT2D eigenvalue weighted by molar-refractivity contribution is 14.1. The van der Waals surface area contributed by atoms with E-state index in [0.717, 1.165) is 14.5 Å². The Hall–Kier alpha value is -1.43. The fraction of sp³-hybridized carbons (Fsp3) is 0.0714. The third-order valence-corrected chi connectivity index (χ3v) is 3.45. The standard InChI is InChI=1S/C14H10FIN2/c15-13-7-12(16)6-11-8-17-18(14(11)13)9-10-4-2-1-3-5-10/h1-8H,9H2. The first kappa shape index (κ1) is 11.6. The van der Waals surface area contributed by atoms with Gasteiger partial charge in [0.15, 0.2) is 0 Å². The van der Waals surface area contributed by atoms with Gasteiger partial charge in [-0.05, 0) is 40.3 Å². The topological polar surface area (TPSA) is 17.8 Å². The summed E-state index contributed by atoms with van der Waals surface area (Å²) >= 11 is 2.11. The number of rotatable bonds is 2. The highest BCUT2D eigenvalue weighted by Gasteiger charge is 2.09. The summed E-state index contributed by atoms with van der Waals surface area (Å²) in [6.45, 7) is 0.585. The van der Waals surface area contributed by atoms with E-state index in [4.69, 9.17) is 0 Å². The molecule has 0 N–H and O–H groups in total. The quantitative estimate of drug-likeness (QED) is 0.641. The van der Waals surface area contributed by atoms with Crippen molar-refractivity contribution in [3.8, 4) is 0 Å². The first-order valence-electron chi connectivity index (χ1n) is 5.58. The van der Waals surface area contributed by atoms with Crippen LogP contribution >= 0.6 is 22.6 Å². The Balaban J connectivity index is 2.08. The highest BCUT2D eigenvalue weighted by Crippen LogP contribution is 2.21. The maximum absolute atomic E-state index is 14.0. The van der Waals surface area contributed by atoms with E-state index >= 15 is 0 Å². The predicted molar refractivity (Wildman–Crippen MR) is 78.0 cm³/mol. The summed E-state index contributed by atoms with van der Waals surface area (Å²) in [7, 11) is 0. The third-order valence-electron chi connectivity index (χ3n) is 2.83. The monoisotopic (exact) mass is 352 g/mol. The smallest absolute Gasteiger partial charge is 0.150 e. The molecule has 3 rings (SSSR count). The molecule has 0 fully saturated rings. The van der Waals surface area contributed by atoms with Gasteiger partial charge in [-0.15, -0.1) is 0 Å². The number of halogens is 2. The van der Waals surface area contributed by atoms with Crippen molar-refractivity contribution in [2.75, 3.05) is 0 Å². The number of nitrogens with zero attached hydrogens (tertiary/aromatic N) is 2. The second kappa shape index (κ2) is 4.68. The van der Waals surface area contributed by atoms with Crippen molar-refractivity contribution in [1.29, 1.82) is 0 Å². The maximum Gasteiger partial charge on any atom is 0.150 e. The van der Waals surface area contributed by atoms with Gasteiger partial charge in [-0.25, -0.2) is 4.39 Å². The molecule has 0 aliphatic rings. The molecule has 0 saturated heterocycles. The van der Waals surface area contributed by atoms with Crippen molar-refractivity contribution in [3.05, 3.63) is 63.6 Å². The van der Waals surface area contributed by atoms with Gasteiger partial charge in [0.25, 0.3) is 0 Å². The van der Waals surface area contributed by atoms with Gasteiger partial charge in [0.1, 0.15) is 11.3 Å². The molecule has 1 aromatic heterocycles. The van der Waals surface area contributed by atoms with Crippen LogP contribution in [0.25, 0.3) is 10.9 Å². The van der Waals surface area contributed by atoms with Gasteiger partial charge in [0, 0.05) is 8.96 Å². The Morgan fingerprint density at radius 1 is 1.17 bits per heavy atom. The number of hydrogen-bond acceptors (Lipinski definition) is 1. The highest BCUT2D eigenvalue weighted by atomic mass is 127. The molecule has 2 aromatic carbocycles. The fourth-order valence-corrected chi connectivity index (χ4v) is 2.63. The van der Waals surface area contributed by atoms with Crippen LogP contribution in [0.15, 0.2) is 48.7 Å². The van der Waals surface area contributed by atoms with Crippen LogP contribution in [0.5, 0.6) is 0 Å². The predicted octanol–water partition coefficient (Wildman–Crippen LogP) is 3.83. The molecule has 0 aliphatic heterocycles. The van der Waals surface area contributed by atoms with E-state index in [2.05, 4.69) is 27.7 Å². The molecule has 2 nitrogen and oxygen atoms in total. The van der Waals surface area contributed by atoms with E-state index in [1.54, 1.807) is 10.9 Å². The molecule has 3 aromatic rings. The lowest BCUT2D eigenvalue weighted by Crippen LogP contribution is -2.02. The number of hydrogen-bond donors (Lipinski definition) is 0. The molecule has 1 heterocycles. The van der Waals surface area contributed by atoms with Crippen molar-refractivity contribution < 1.29 is 4.39 Å². The Kier molecular flexibility index (Phi) is 3.03. The number of benzene rings is 2. The molecule has 0 bridgehead atoms. The van der Waals surface area contributed by atoms with Gasteiger partial charge >= 0.3 is 0 Å². The Bertz CT molecular complexity index is 692. The van der Waals surface area contributed by atoms with Crippen molar-refractivity contribution in [1.82, 2.24) is 9.78 Å². The van der Waals surface area contributed by atoms with Crippen LogP contribution < -0.4 is 0 Å². The minimum absolute atomic E-state index is 0.217. The summed E-state index contributed by atoms with van der Waals surface area (Å²) in [6, 6.07) is 13.4. The zero-order chi connectivity index (χ0) is 12.5. The third kappa shape index (κ3) is 2.12. The molecular formula is C14H10FIN2. The van der Waals surface area contributed by atoms with Crippen LogP contribution in [-0.2, 0) is 6.54 Å². The van der Waals surface area contributed by atoms with Gasteiger partial charge in [0.05, 0.1) is 12.7 Å². The molecule has 0 aliphatic carbocycles. The van der Waals surface area contributed by atoms with Gasteiger partial charge < -0.3 is 0 Å². The molecule has 4 heteroatoms. The largest absolute Gasteiger partial charge is 0.257 e. The minimum Gasteiger partial charge on any atom is -0.257 e. The van der Waals surface area contributed by atoms with E-state index in [1.165, 1.54) is 6.07 Å². The Morgan fingerprint density at radius 3 is 2.72 bits per heavy atom. The normalized spacial score (nSPS) is 11.0. The number of aromatic nitrogens is 2. The summed E-state index contributed by atoms with van der Waals surface area (Å²) in [5.41, 5.74) is 1.68. The summed E-state index contributed by atoms with van der Waals surface area (Å²) in [6.07, 6.45) is 1.71. The molecule has 0 atom stereocenters. The summed E-state index contributed by atoms with van der Waals surface area (Å²) < 4.78 is 16.6. The average molecular weight is 352 g/mol. The summed E-state index contributed by atoms with van der Waals surface area (Å²) in [5, 5.41) is 5.11. The van der Waals surface area contributed by atoms with Crippen molar-refractivity contribution in [3.63, 3.8) is 0 Å². The van der Waals surface area contributed by atoms with Crippen molar-refractivity contribution in [2.24, 2.45) is 0 Å². The molecule has 18 heavy (non-hydrogen) atoms. The van der Waals surface area contributed by atoms with Crippen LogP contribution in [0.3, 0.4) is 0 Å². The van der Waals surface area contributed by atoms with Crippen LogP contribution in [0.2, 0.25) is 0 Å². The lowest BCUT2D eigenvalue weighted by atomic mass is 10.2. The molecule has 90 valence electrons. The van der Waals surface area contributed by atoms with Gasteiger partial charge in [0.2, 0.25) is 0 Å². The second-order valence-electron chi connectivity index (χ2n) is 4.11. The van der Waals surface area contributed by atoms with E-state index in [0.29, 0.717) is 12.1 Å². The lowest BCUT2D eigenvalue weighted by Gasteiger charge is -2.04. The minimum atomic E-state index is -0.217. The van der Waals surface area contributed by atoms with Crippen molar-refractivity contribution in [2.45, 2.75) is 6.54 Å². The summed E-state index contributed by atoms with van der Waals surface area (Å²) in [5.74, 6) is -0.217. The summed E-state index contributed by atoms with van der Waals surface area (Å²) in [4.78, 5) is 0. The van der Waals surface area contributed by atoms with Crippen molar-refractivity contribution >= 4 is 33.5 Å². The Labute approximate surface area is 118 Å². The zero-order valence-electron chi connectivity index (χ0n) is 9.48. The first-order valence-corrected chi connectivity index (χ1v) is 6.66. The van der Waals surface area contributed by atoms with Crippen LogP contribution in [0.4, 0.5) is 4.39 Å². The number of fused-ring (bicyclic) bond motifs is 1. The van der Waals surface area contributed by atoms with E-state index in [-0.39, 0.29) is 5.82 Å². The fourth-order valence-electron chi connectivity index (χ4n) is 2.02. The van der Waals surface area contributed by atoms with Crippen LogP contribution in [-0.4, -0.2) is 9.78 Å². The molecule has 0 spiro atoms.